The summed E-state index contributed by atoms with van der Waals surface area (Å²) in [6, 6.07) is 0. The van der Waals surface area contributed by atoms with Crippen LogP contribution in [0.25, 0.3) is 0 Å². The van der Waals surface area contributed by atoms with Gasteiger partial charge in [-0.2, -0.15) is 0 Å². The zero-order chi connectivity index (χ0) is 16.0. The highest BCUT2D eigenvalue weighted by Crippen LogP contribution is 2.20. The molecule has 0 heterocycles. The van der Waals surface area contributed by atoms with Gasteiger partial charge in [-0.05, 0) is 13.8 Å². The molecule has 0 amide bonds. The van der Waals surface area contributed by atoms with Gasteiger partial charge in [0.05, 0.1) is 31.8 Å². The lowest BCUT2D eigenvalue weighted by atomic mass is 9.92. The van der Waals surface area contributed by atoms with E-state index < -0.39 is 5.41 Å². The molecular weight excluding hydrogens is 280 g/mol. The van der Waals surface area contributed by atoms with Crippen molar-refractivity contribution >= 4 is 18.4 Å². The highest BCUT2D eigenvalue weighted by molar-refractivity contribution is 5.76. The van der Waals surface area contributed by atoms with E-state index in [-0.39, 0.29) is 52.0 Å². The van der Waals surface area contributed by atoms with E-state index in [0.717, 1.165) is 0 Å². The molecule has 0 aliphatic rings. The van der Waals surface area contributed by atoms with Gasteiger partial charge in [-0.1, -0.05) is 0 Å². The first-order valence-corrected chi connectivity index (χ1v) is 6.78. The Balaban J connectivity index is 4.65. The van der Waals surface area contributed by atoms with E-state index >= 15 is 0 Å². The lowest BCUT2D eigenvalue weighted by molar-refractivity contribution is -0.133. The highest BCUT2D eigenvalue weighted by Gasteiger charge is 2.32. The van der Waals surface area contributed by atoms with Gasteiger partial charge in [0.25, 0.3) is 0 Å². The fourth-order valence-corrected chi connectivity index (χ4v) is 1.63. The molecule has 0 aromatic carbocycles. The van der Waals surface area contributed by atoms with E-state index in [1.54, 1.807) is 0 Å². The van der Waals surface area contributed by atoms with Gasteiger partial charge in [-0.15, -0.1) is 0 Å². The first-order valence-electron chi connectivity index (χ1n) is 6.78. The van der Waals surface area contributed by atoms with Crippen LogP contribution in [0, 0.1) is 5.41 Å². The van der Waals surface area contributed by atoms with Crippen LogP contribution in [-0.4, -0.2) is 71.2 Å². The van der Waals surface area contributed by atoms with Crippen molar-refractivity contribution in [3.8, 4) is 0 Å². The summed E-state index contributed by atoms with van der Waals surface area (Å²) in [4.78, 5) is 31.7. The van der Waals surface area contributed by atoms with Gasteiger partial charge in [0.2, 0.25) is 0 Å². The van der Waals surface area contributed by atoms with Crippen LogP contribution in [-0.2, 0) is 33.3 Å². The lowest BCUT2D eigenvalue weighted by Crippen LogP contribution is -2.42. The Kier molecular flexibility index (Phi) is 11.9. The third-order valence-corrected chi connectivity index (χ3v) is 2.51. The topological polar surface area (TPSA) is 88.1 Å². The quantitative estimate of drug-likeness (QED) is 0.312. The van der Waals surface area contributed by atoms with Crippen molar-refractivity contribution in [1.82, 2.24) is 0 Å². The molecule has 0 aliphatic heterocycles. The van der Waals surface area contributed by atoms with Crippen LogP contribution in [0.15, 0.2) is 0 Å². The van der Waals surface area contributed by atoms with Crippen LogP contribution in [0.2, 0.25) is 0 Å². The minimum Gasteiger partial charge on any atom is -0.381 e. The molecule has 0 radical (unpaired) electrons. The fourth-order valence-electron chi connectivity index (χ4n) is 1.63. The average molecular weight is 304 g/mol. The van der Waals surface area contributed by atoms with E-state index in [0.29, 0.717) is 19.2 Å². The van der Waals surface area contributed by atoms with Crippen molar-refractivity contribution in [3.63, 3.8) is 0 Å². The number of Topliss-reactive ketones (excluding diaryl/α,β-unsaturated/α-hetero) is 1. The molecule has 0 N–H and O–H groups in total. The van der Waals surface area contributed by atoms with Gasteiger partial charge in [-0.25, -0.2) is 0 Å². The minimum atomic E-state index is -0.669. The summed E-state index contributed by atoms with van der Waals surface area (Å²) in [6.07, 6.45) is 1.29. The largest absolute Gasteiger partial charge is 0.381 e. The second-order valence-electron chi connectivity index (χ2n) is 4.70. The smallest absolute Gasteiger partial charge is 0.155 e. The van der Waals surface area contributed by atoms with Gasteiger partial charge in [0, 0.05) is 6.61 Å². The molecule has 0 saturated heterocycles. The Hall–Kier alpha value is -1.15. The predicted octanol–water partition coefficient (Wildman–Crippen LogP) is 0.0459. The van der Waals surface area contributed by atoms with Gasteiger partial charge < -0.3 is 28.5 Å². The summed E-state index contributed by atoms with van der Waals surface area (Å²) in [5.74, 6) is -0.0945. The molecule has 21 heavy (non-hydrogen) atoms. The van der Waals surface area contributed by atoms with Crippen LogP contribution in [0.4, 0.5) is 0 Å². The van der Waals surface area contributed by atoms with Crippen molar-refractivity contribution in [2.75, 3.05) is 52.9 Å². The van der Waals surface area contributed by atoms with Gasteiger partial charge in [0.1, 0.15) is 32.4 Å². The molecule has 0 bridgehead atoms. The average Bonchev–Trinajstić information content (AvgIpc) is 2.45. The molecule has 122 valence electrons. The van der Waals surface area contributed by atoms with E-state index in [2.05, 4.69) is 0 Å². The third kappa shape index (κ3) is 10.3. The number of aldehydes is 2. The number of rotatable bonds is 15. The van der Waals surface area contributed by atoms with Gasteiger partial charge in [0.15, 0.2) is 5.78 Å². The van der Waals surface area contributed by atoms with E-state index in [1.165, 1.54) is 6.92 Å². The third-order valence-electron chi connectivity index (χ3n) is 2.51. The van der Waals surface area contributed by atoms with Crippen LogP contribution in [0.5, 0.6) is 0 Å². The maximum atomic E-state index is 11.0. The number of hydrogen-bond donors (Lipinski definition) is 0. The Morgan fingerprint density at radius 1 is 0.905 bits per heavy atom. The van der Waals surface area contributed by atoms with E-state index in [1.807, 2.05) is 6.92 Å². The Morgan fingerprint density at radius 3 is 1.81 bits per heavy atom. The van der Waals surface area contributed by atoms with Crippen molar-refractivity contribution in [1.29, 1.82) is 0 Å². The van der Waals surface area contributed by atoms with Crippen LogP contribution < -0.4 is 0 Å². The molecule has 0 fully saturated rings. The molecule has 0 aromatic rings. The van der Waals surface area contributed by atoms with Crippen molar-refractivity contribution in [2.45, 2.75) is 13.8 Å². The summed E-state index contributed by atoms with van der Waals surface area (Å²) >= 11 is 0. The molecule has 0 saturated carbocycles. The second-order valence-corrected chi connectivity index (χ2v) is 4.70. The van der Waals surface area contributed by atoms with Gasteiger partial charge >= 0.3 is 0 Å². The summed E-state index contributed by atoms with van der Waals surface area (Å²) in [6.45, 7) is 4.44. The Morgan fingerprint density at radius 2 is 1.38 bits per heavy atom. The second kappa shape index (κ2) is 12.6. The zero-order valence-electron chi connectivity index (χ0n) is 12.7. The summed E-state index contributed by atoms with van der Waals surface area (Å²) in [7, 11) is 0. The molecular formula is C14H24O7. The van der Waals surface area contributed by atoms with E-state index in [4.69, 9.17) is 18.9 Å². The number of carbonyl (C=O) groups is 3. The molecule has 0 spiro atoms. The zero-order valence-corrected chi connectivity index (χ0v) is 12.7. The van der Waals surface area contributed by atoms with Crippen LogP contribution >= 0.6 is 0 Å². The molecule has 0 aliphatic carbocycles. The number of hydrogen-bond acceptors (Lipinski definition) is 7. The Bertz CT molecular complexity index is 290. The van der Waals surface area contributed by atoms with Crippen LogP contribution in [0.1, 0.15) is 13.8 Å². The van der Waals surface area contributed by atoms with Crippen molar-refractivity contribution in [2.24, 2.45) is 5.41 Å². The molecule has 0 aromatic heterocycles. The standard InChI is InChI=1S/C14H24O7/c1-3-18-9-14(10-19-6-4-15,11-20-7-5-16)12-21-8-13(2)17/h4-5H,3,6-12H2,1-2H3. The first kappa shape index (κ1) is 19.9. The number of carbonyl (C=O) groups excluding carboxylic acids is 3. The molecule has 0 rings (SSSR count). The van der Waals surface area contributed by atoms with Crippen LogP contribution in [0.3, 0.4) is 0 Å². The number of ether oxygens (including phenoxy) is 4. The van der Waals surface area contributed by atoms with Gasteiger partial charge in [-0.3, -0.25) is 4.79 Å². The Labute approximate surface area is 124 Å². The molecule has 7 heteroatoms. The van der Waals surface area contributed by atoms with Crippen molar-refractivity contribution < 1.29 is 33.3 Å². The SMILES string of the molecule is CCOCC(COCC=O)(COCC=O)COCC(C)=O. The fraction of sp³-hybridized carbons (Fsp3) is 0.786. The maximum absolute atomic E-state index is 11.0. The lowest BCUT2D eigenvalue weighted by Gasteiger charge is -2.32. The number of ketones is 1. The molecule has 7 nitrogen and oxygen atoms in total. The normalized spacial score (nSPS) is 11.3. The summed E-state index contributed by atoms with van der Waals surface area (Å²) in [5, 5.41) is 0. The molecule has 0 unspecified atom stereocenters. The van der Waals surface area contributed by atoms with E-state index in [9.17, 15) is 14.4 Å². The highest BCUT2D eigenvalue weighted by atomic mass is 16.5. The first-order chi connectivity index (χ1) is 10.1. The monoisotopic (exact) mass is 304 g/mol. The maximum Gasteiger partial charge on any atom is 0.155 e. The summed E-state index contributed by atoms with van der Waals surface area (Å²) in [5.41, 5.74) is -0.669. The predicted molar refractivity (Wildman–Crippen MR) is 74.2 cm³/mol. The summed E-state index contributed by atoms with van der Waals surface area (Å²) < 4.78 is 21.3. The van der Waals surface area contributed by atoms with Crippen molar-refractivity contribution in [3.05, 3.63) is 0 Å². The molecule has 0 atom stereocenters. The minimum absolute atomic E-state index is 0.0186.